The molecule has 2 fully saturated rings. The van der Waals surface area contributed by atoms with Crippen LogP contribution in [0, 0.1) is 17.0 Å². The minimum atomic E-state index is -0.493. The Morgan fingerprint density at radius 3 is 1.61 bits per heavy atom. The first-order valence-corrected chi connectivity index (χ1v) is 19.7. The van der Waals surface area contributed by atoms with Crippen molar-refractivity contribution in [1.29, 1.82) is 0 Å². The van der Waals surface area contributed by atoms with Crippen molar-refractivity contribution in [1.82, 2.24) is 15.6 Å². The molecule has 2 heterocycles. The summed E-state index contributed by atoms with van der Waals surface area (Å²) in [6.45, 7) is 1.18. The molecule has 0 saturated heterocycles. The fourth-order valence-electron chi connectivity index (χ4n) is 7.21. The van der Waals surface area contributed by atoms with Gasteiger partial charge in [0.05, 0.1) is 19.9 Å². The zero-order valence-electron chi connectivity index (χ0n) is 33.0. The van der Waals surface area contributed by atoms with E-state index in [1.807, 2.05) is 48.5 Å². The maximum atomic E-state index is 13.0. The fourth-order valence-corrected chi connectivity index (χ4v) is 7.21. The van der Waals surface area contributed by atoms with E-state index in [9.17, 15) is 24.4 Å². The highest BCUT2D eigenvalue weighted by atomic mass is 16.5. The van der Waals surface area contributed by atoms with Crippen LogP contribution in [0.5, 0.6) is 11.5 Å². The largest absolute Gasteiger partial charge is 0.618 e. The molecule has 2 aromatic heterocycles. The number of benzene rings is 4. The zero-order valence-corrected chi connectivity index (χ0v) is 33.0. The maximum absolute atomic E-state index is 13.0. The Morgan fingerprint density at radius 1 is 0.610 bits per heavy atom. The van der Waals surface area contributed by atoms with Gasteiger partial charge in [0.1, 0.15) is 17.2 Å². The van der Waals surface area contributed by atoms with Crippen molar-refractivity contribution in [2.45, 2.75) is 38.5 Å². The average molecular weight is 795 g/mol. The van der Waals surface area contributed by atoms with E-state index in [1.165, 1.54) is 25.1 Å². The maximum Gasteiger partial charge on any atom is 0.319 e. The summed E-state index contributed by atoms with van der Waals surface area (Å²) in [6, 6.07) is 28.3. The monoisotopic (exact) mass is 794 g/mol. The van der Waals surface area contributed by atoms with Gasteiger partial charge in [-0.3, -0.25) is 19.2 Å². The van der Waals surface area contributed by atoms with Gasteiger partial charge in [-0.1, -0.05) is 61.4 Å². The lowest BCUT2D eigenvalue weighted by atomic mass is 9.85. The molecule has 2 saturated carbocycles. The number of carbonyl (C=O) groups is 4. The summed E-state index contributed by atoms with van der Waals surface area (Å²) in [7, 11) is 3.18. The lowest BCUT2D eigenvalue weighted by Crippen LogP contribution is -2.42. The third-order valence-corrected chi connectivity index (χ3v) is 10.9. The number of ether oxygens (including phenoxy) is 2. The Hall–Kier alpha value is -7.02. The molecule has 4 amide bonds. The van der Waals surface area contributed by atoms with Gasteiger partial charge in [-0.15, -0.1) is 0 Å². The minimum absolute atomic E-state index is 0.122. The van der Waals surface area contributed by atoms with Gasteiger partial charge in [-0.2, -0.15) is 4.73 Å². The van der Waals surface area contributed by atoms with E-state index >= 15 is 0 Å². The molecule has 0 aliphatic heterocycles. The van der Waals surface area contributed by atoms with Crippen LogP contribution in [-0.4, -0.2) is 55.9 Å². The quantitative estimate of drug-likeness (QED) is 0.0738. The highest BCUT2D eigenvalue weighted by molar-refractivity contribution is 6.16. The van der Waals surface area contributed by atoms with Gasteiger partial charge in [-0.05, 0) is 90.8 Å². The number of methoxy groups -OCH3 is 2. The fraction of sp³-hybridized carbons (Fsp3) is 0.261. The van der Waals surface area contributed by atoms with Crippen LogP contribution >= 0.6 is 0 Å². The SMILES string of the molecule is COc1ccc(C(=O)Nc2ccc[n+]([O-])c2C(=O)NCC2CCC2)c2ccccc12.COc1ccc(C(=O)Nc2cccnc2C(=O)NCC2CCC2)c2ccccc12. The Morgan fingerprint density at radius 2 is 1.10 bits per heavy atom. The van der Waals surface area contributed by atoms with Crippen LogP contribution in [0.25, 0.3) is 21.5 Å². The molecule has 13 heteroatoms. The number of pyridine rings is 2. The third kappa shape index (κ3) is 9.09. The van der Waals surface area contributed by atoms with Gasteiger partial charge in [0, 0.05) is 47.3 Å². The number of carbonyl (C=O) groups excluding carboxylic acids is 4. The van der Waals surface area contributed by atoms with Crippen molar-refractivity contribution in [2.75, 3.05) is 37.9 Å². The van der Waals surface area contributed by atoms with Crippen LogP contribution in [0.1, 0.15) is 80.2 Å². The summed E-state index contributed by atoms with van der Waals surface area (Å²) in [5.41, 5.74) is 1.59. The lowest BCUT2D eigenvalue weighted by molar-refractivity contribution is -0.607. The number of fused-ring (bicyclic) bond motifs is 2. The Bertz CT molecular complexity index is 2520. The number of anilines is 2. The Kier molecular flexibility index (Phi) is 12.6. The van der Waals surface area contributed by atoms with Crippen LogP contribution < -0.4 is 35.5 Å². The smallest absolute Gasteiger partial charge is 0.319 e. The second kappa shape index (κ2) is 18.5. The van der Waals surface area contributed by atoms with E-state index in [1.54, 1.807) is 62.9 Å². The highest BCUT2D eigenvalue weighted by Gasteiger charge is 2.26. The molecule has 0 atom stereocenters. The first kappa shape index (κ1) is 40.2. The predicted octanol–water partition coefficient (Wildman–Crippen LogP) is 7.29. The molecule has 302 valence electrons. The van der Waals surface area contributed by atoms with E-state index in [0.29, 0.717) is 58.0 Å². The number of aromatic nitrogens is 2. The molecule has 0 spiro atoms. The molecular formula is C46H46N6O7. The van der Waals surface area contributed by atoms with Gasteiger partial charge in [0.25, 0.3) is 17.7 Å². The van der Waals surface area contributed by atoms with Gasteiger partial charge in [-0.25, -0.2) is 4.98 Å². The van der Waals surface area contributed by atoms with Crippen molar-refractivity contribution in [2.24, 2.45) is 11.8 Å². The lowest BCUT2D eigenvalue weighted by Gasteiger charge is -2.25. The average Bonchev–Trinajstić information content (AvgIpc) is 3.22. The number of hydrogen-bond acceptors (Lipinski definition) is 8. The van der Waals surface area contributed by atoms with E-state index in [-0.39, 0.29) is 28.9 Å². The predicted molar refractivity (Wildman–Crippen MR) is 226 cm³/mol. The molecule has 0 unspecified atom stereocenters. The zero-order chi connectivity index (χ0) is 41.3. The molecule has 0 radical (unpaired) electrons. The number of nitrogens with one attached hydrogen (secondary N) is 4. The number of amides is 4. The standard InChI is InChI=1S/C23H23N3O4.C23H23N3O3/c1-30-20-12-11-18(16-8-2-3-9-17(16)20)22(27)25-19-10-5-13-26(29)21(19)23(28)24-14-15-6-4-7-15;1-29-20-12-11-18(16-8-2-3-9-17(16)20)22(27)26-19-10-5-13-24-21(19)23(28)25-14-15-6-4-7-15/h2-3,5,8-13,15H,4,6-7,14H2,1H3,(H,24,28)(H,25,27);2-3,5,8-13,15H,4,6-7,14H2,1H3,(H,25,28)(H,26,27). The van der Waals surface area contributed by atoms with Gasteiger partial charge in [0.15, 0.2) is 11.9 Å². The summed E-state index contributed by atoms with van der Waals surface area (Å²) < 4.78 is 11.3. The number of hydrogen-bond donors (Lipinski definition) is 4. The number of rotatable bonds is 12. The molecule has 4 aromatic carbocycles. The number of nitrogens with zero attached hydrogens (tertiary/aromatic N) is 2. The Balaban J connectivity index is 0.000000179. The van der Waals surface area contributed by atoms with Crippen molar-refractivity contribution in [3.8, 4) is 11.5 Å². The summed E-state index contributed by atoms with van der Waals surface area (Å²) in [4.78, 5) is 55.5. The second-order valence-corrected chi connectivity index (χ2v) is 14.6. The van der Waals surface area contributed by atoms with Crippen LogP contribution in [0.15, 0.2) is 109 Å². The minimum Gasteiger partial charge on any atom is -0.618 e. The van der Waals surface area contributed by atoms with Gasteiger partial charge < -0.3 is 35.9 Å². The summed E-state index contributed by atoms with van der Waals surface area (Å²) >= 11 is 0. The van der Waals surface area contributed by atoms with Crippen molar-refractivity contribution < 1.29 is 33.4 Å². The molecule has 0 bridgehead atoms. The van der Waals surface area contributed by atoms with E-state index in [0.717, 1.165) is 47.2 Å². The molecule has 2 aliphatic rings. The van der Waals surface area contributed by atoms with E-state index in [4.69, 9.17) is 9.47 Å². The molecular weight excluding hydrogens is 749 g/mol. The summed E-state index contributed by atoms with van der Waals surface area (Å²) in [5, 5.41) is 26.8. The van der Waals surface area contributed by atoms with Crippen LogP contribution in [0.3, 0.4) is 0 Å². The van der Waals surface area contributed by atoms with Gasteiger partial charge in [0.2, 0.25) is 0 Å². The molecule has 6 aromatic rings. The highest BCUT2D eigenvalue weighted by Crippen LogP contribution is 2.31. The third-order valence-electron chi connectivity index (χ3n) is 10.9. The van der Waals surface area contributed by atoms with Crippen LogP contribution in [0.2, 0.25) is 0 Å². The first-order chi connectivity index (χ1) is 28.7. The van der Waals surface area contributed by atoms with Crippen LogP contribution in [-0.2, 0) is 0 Å². The van der Waals surface area contributed by atoms with E-state index in [2.05, 4.69) is 26.3 Å². The molecule has 8 rings (SSSR count). The normalized spacial score (nSPS) is 13.5. The molecule has 13 nitrogen and oxygen atoms in total. The topological polar surface area (TPSA) is 175 Å². The van der Waals surface area contributed by atoms with Gasteiger partial charge >= 0.3 is 11.6 Å². The van der Waals surface area contributed by atoms with E-state index < -0.39 is 11.8 Å². The van der Waals surface area contributed by atoms with Crippen molar-refractivity contribution in [3.63, 3.8) is 0 Å². The summed E-state index contributed by atoms with van der Waals surface area (Å²) in [6.07, 6.45) is 9.66. The second-order valence-electron chi connectivity index (χ2n) is 14.6. The molecule has 4 N–H and O–H groups in total. The Labute approximate surface area is 341 Å². The molecule has 59 heavy (non-hydrogen) atoms. The first-order valence-electron chi connectivity index (χ1n) is 19.7. The van der Waals surface area contributed by atoms with Crippen molar-refractivity contribution >= 4 is 56.5 Å². The summed E-state index contributed by atoms with van der Waals surface area (Å²) in [5.74, 6) is 0.899. The van der Waals surface area contributed by atoms with Crippen molar-refractivity contribution in [3.05, 3.63) is 137 Å². The van der Waals surface area contributed by atoms with Crippen LogP contribution in [0.4, 0.5) is 11.4 Å². The molecule has 2 aliphatic carbocycles.